The first-order valence-electron chi connectivity index (χ1n) is 11.3. The van der Waals surface area contributed by atoms with Crippen LogP contribution < -0.4 is 4.74 Å². The van der Waals surface area contributed by atoms with Crippen molar-refractivity contribution in [3.8, 4) is 5.75 Å². The van der Waals surface area contributed by atoms with E-state index in [1.54, 1.807) is 24.3 Å². The Kier molecular flexibility index (Phi) is 6.44. The number of halogens is 2. The number of fused-ring (bicyclic) bond motifs is 1. The van der Waals surface area contributed by atoms with E-state index in [0.29, 0.717) is 21.4 Å². The number of hydrazone groups is 1. The third kappa shape index (κ3) is 4.36. The predicted octanol–water partition coefficient (Wildman–Crippen LogP) is 7.44. The summed E-state index contributed by atoms with van der Waals surface area (Å²) in [6.07, 6.45) is 5.07. The van der Waals surface area contributed by atoms with Gasteiger partial charge < -0.3 is 4.74 Å². The fraction of sp³-hybridized carbons (Fsp3) is 0.214. The lowest BCUT2D eigenvalue weighted by molar-refractivity contribution is 0.0677. The maximum atomic E-state index is 13.8. The van der Waals surface area contributed by atoms with Gasteiger partial charge in [0.15, 0.2) is 0 Å². The number of hydrogen-bond acceptors (Lipinski definition) is 3. The topological polar surface area (TPSA) is 41.9 Å². The normalized spacial score (nSPS) is 20.7. The first kappa shape index (κ1) is 22.7. The number of carbonyl (C=O) groups is 1. The minimum atomic E-state index is -0.210. The molecule has 34 heavy (non-hydrogen) atoms. The summed E-state index contributed by atoms with van der Waals surface area (Å²) >= 11 is 12.2. The van der Waals surface area contributed by atoms with E-state index in [1.807, 2.05) is 60.7 Å². The number of hydrogen-bond donors (Lipinski definition) is 0. The number of allylic oxidation sites excluding steroid dienone is 1. The monoisotopic (exact) mass is 490 g/mol. The second kappa shape index (κ2) is 9.65. The molecule has 0 saturated heterocycles. The highest BCUT2D eigenvalue weighted by Crippen LogP contribution is 2.45. The van der Waals surface area contributed by atoms with Crippen molar-refractivity contribution in [3.63, 3.8) is 0 Å². The van der Waals surface area contributed by atoms with Crippen LogP contribution >= 0.6 is 23.2 Å². The van der Waals surface area contributed by atoms with E-state index in [4.69, 9.17) is 33.0 Å². The van der Waals surface area contributed by atoms with Gasteiger partial charge in [0.25, 0.3) is 5.91 Å². The van der Waals surface area contributed by atoms with Crippen LogP contribution in [-0.4, -0.2) is 23.7 Å². The molecule has 2 unspecified atom stereocenters. The molecule has 2 aliphatic rings. The number of rotatable bonds is 4. The van der Waals surface area contributed by atoms with E-state index < -0.39 is 0 Å². The van der Waals surface area contributed by atoms with Crippen molar-refractivity contribution < 1.29 is 9.53 Å². The zero-order chi connectivity index (χ0) is 23.7. The molecule has 3 aromatic carbocycles. The maximum Gasteiger partial charge on any atom is 0.278 e. The number of methoxy groups -OCH3 is 1. The van der Waals surface area contributed by atoms with Gasteiger partial charge in [-0.25, -0.2) is 5.01 Å². The van der Waals surface area contributed by atoms with Gasteiger partial charge in [0.05, 0.1) is 24.4 Å². The van der Waals surface area contributed by atoms with Gasteiger partial charge in [-0.1, -0.05) is 59.6 Å². The summed E-state index contributed by atoms with van der Waals surface area (Å²) in [5.41, 5.74) is 4.72. The van der Waals surface area contributed by atoms with Crippen LogP contribution in [0.5, 0.6) is 5.75 Å². The van der Waals surface area contributed by atoms with Gasteiger partial charge in [-0.2, -0.15) is 5.10 Å². The molecule has 172 valence electrons. The Labute approximate surface area is 209 Å². The van der Waals surface area contributed by atoms with Gasteiger partial charge in [-0.15, -0.1) is 0 Å². The largest absolute Gasteiger partial charge is 0.496 e. The van der Waals surface area contributed by atoms with Gasteiger partial charge in [-0.05, 0) is 78.4 Å². The van der Waals surface area contributed by atoms with Crippen LogP contribution in [0.25, 0.3) is 6.08 Å². The second-order valence-corrected chi connectivity index (χ2v) is 9.42. The zero-order valence-electron chi connectivity index (χ0n) is 18.7. The van der Waals surface area contributed by atoms with Crippen LogP contribution in [0.3, 0.4) is 0 Å². The number of para-hydroxylation sites is 1. The first-order chi connectivity index (χ1) is 16.5. The molecule has 2 atom stereocenters. The van der Waals surface area contributed by atoms with Crippen molar-refractivity contribution in [1.82, 2.24) is 5.01 Å². The van der Waals surface area contributed by atoms with Crippen molar-refractivity contribution in [3.05, 3.63) is 105 Å². The lowest BCUT2D eigenvalue weighted by Crippen LogP contribution is -2.32. The Bertz CT molecular complexity index is 1270. The van der Waals surface area contributed by atoms with Crippen LogP contribution in [0.15, 0.2) is 83.5 Å². The molecule has 6 heteroatoms. The predicted molar refractivity (Wildman–Crippen MR) is 138 cm³/mol. The van der Waals surface area contributed by atoms with E-state index in [1.165, 1.54) is 0 Å². The van der Waals surface area contributed by atoms with Crippen LogP contribution in [-0.2, 0) is 0 Å². The SMILES string of the molecule is COc1ccccc1C(=O)N1N=C2C(=Cc3ccc(Cl)cc3)CCCC2C1c1ccc(Cl)cc1. The fourth-order valence-electron chi connectivity index (χ4n) is 4.87. The van der Waals surface area contributed by atoms with Crippen LogP contribution in [0.1, 0.15) is 46.8 Å². The Morgan fingerprint density at radius 1 is 1.00 bits per heavy atom. The van der Waals surface area contributed by atoms with Gasteiger partial charge >= 0.3 is 0 Å². The average Bonchev–Trinajstić information content (AvgIpc) is 3.26. The molecule has 3 aromatic rings. The summed E-state index contributed by atoms with van der Waals surface area (Å²) in [6, 6.07) is 22.6. The molecule has 1 fully saturated rings. The molecule has 0 aromatic heterocycles. The molecule has 0 spiro atoms. The van der Waals surface area contributed by atoms with Crippen LogP contribution in [0, 0.1) is 5.92 Å². The quantitative estimate of drug-likeness (QED) is 0.381. The highest BCUT2D eigenvalue weighted by molar-refractivity contribution is 6.30. The number of carbonyl (C=O) groups excluding carboxylic acids is 1. The molecule has 5 rings (SSSR count). The maximum absolute atomic E-state index is 13.8. The van der Waals surface area contributed by atoms with E-state index >= 15 is 0 Å². The molecule has 0 radical (unpaired) electrons. The standard InChI is InChI=1S/C28H24Cl2N2O2/c1-34-25-8-3-2-6-23(25)28(33)32-27(19-11-15-22(30)16-12-19)24-7-4-5-20(26(24)31-32)17-18-9-13-21(29)14-10-18/h2-3,6,8-17,24,27H,4-5,7H2,1H3. The summed E-state index contributed by atoms with van der Waals surface area (Å²) in [5.74, 6) is 0.464. The lowest BCUT2D eigenvalue weighted by atomic mass is 9.77. The zero-order valence-corrected chi connectivity index (χ0v) is 20.3. The van der Waals surface area contributed by atoms with Crippen LogP contribution in [0.4, 0.5) is 0 Å². The van der Waals surface area contributed by atoms with Crippen molar-refractivity contribution in [1.29, 1.82) is 0 Å². The molecule has 1 heterocycles. The third-order valence-corrected chi connectivity index (χ3v) is 6.97. The summed E-state index contributed by atoms with van der Waals surface area (Å²) in [4.78, 5) is 13.8. The average molecular weight is 491 g/mol. The van der Waals surface area contributed by atoms with E-state index in [0.717, 1.165) is 41.7 Å². The molecular weight excluding hydrogens is 467 g/mol. The Morgan fingerprint density at radius 3 is 2.38 bits per heavy atom. The van der Waals surface area contributed by atoms with E-state index in [2.05, 4.69) is 6.08 Å². The van der Waals surface area contributed by atoms with Gasteiger partial charge in [0.2, 0.25) is 0 Å². The second-order valence-electron chi connectivity index (χ2n) is 8.55. The Balaban J connectivity index is 1.59. The van der Waals surface area contributed by atoms with Crippen LogP contribution in [0.2, 0.25) is 10.0 Å². The molecule has 1 amide bonds. The number of ether oxygens (including phenoxy) is 1. The van der Waals surface area contributed by atoms with Crippen molar-refractivity contribution >= 4 is 40.9 Å². The Morgan fingerprint density at radius 2 is 1.68 bits per heavy atom. The molecule has 0 N–H and O–H groups in total. The summed E-state index contributed by atoms with van der Waals surface area (Å²) < 4.78 is 5.48. The highest BCUT2D eigenvalue weighted by Gasteiger charge is 2.44. The molecule has 0 bridgehead atoms. The summed E-state index contributed by atoms with van der Waals surface area (Å²) in [7, 11) is 1.57. The van der Waals surface area contributed by atoms with Crippen molar-refractivity contribution in [2.24, 2.45) is 11.0 Å². The first-order valence-corrected chi connectivity index (χ1v) is 12.1. The van der Waals surface area contributed by atoms with Crippen molar-refractivity contribution in [2.45, 2.75) is 25.3 Å². The molecule has 4 nitrogen and oxygen atoms in total. The summed E-state index contributed by atoms with van der Waals surface area (Å²) in [5, 5.41) is 7.97. The summed E-state index contributed by atoms with van der Waals surface area (Å²) in [6.45, 7) is 0. The van der Waals surface area contributed by atoms with Crippen molar-refractivity contribution in [2.75, 3.05) is 7.11 Å². The van der Waals surface area contributed by atoms with E-state index in [-0.39, 0.29) is 17.9 Å². The lowest BCUT2D eigenvalue weighted by Gasteiger charge is -2.30. The number of amides is 1. The van der Waals surface area contributed by atoms with Gasteiger partial charge in [0, 0.05) is 16.0 Å². The Hall–Kier alpha value is -3.08. The number of nitrogens with zero attached hydrogens (tertiary/aromatic N) is 2. The minimum Gasteiger partial charge on any atom is -0.496 e. The third-order valence-electron chi connectivity index (χ3n) is 6.47. The molecule has 1 saturated carbocycles. The number of benzene rings is 3. The molecular formula is C28H24Cl2N2O2. The van der Waals surface area contributed by atoms with E-state index in [9.17, 15) is 4.79 Å². The highest BCUT2D eigenvalue weighted by atomic mass is 35.5. The van der Waals surface area contributed by atoms with Gasteiger partial charge in [0.1, 0.15) is 5.75 Å². The minimum absolute atomic E-state index is 0.104. The smallest absolute Gasteiger partial charge is 0.278 e. The van der Waals surface area contributed by atoms with Gasteiger partial charge in [-0.3, -0.25) is 4.79 Å². The molecule has 1 aliphatic carbocycles. The molecule has 1 aliphatic heterocycles. The fourth-order valence-corrected chi connectivity index (χ4v) is 5.12.